The Morgan fingerprint density at radius 1 is 1.07 bits per heavy atom. The van der Waals surface area contributed by atoms with Crippen molar-refractivity contribution in [2.24, 2.45) is 0 Å². The van der Waals surface area contributed by atoms with E-state index in [-0.39, 0.29) is 12.2 Å². The maximum atomic E-state index is 12.2. The Hall–Kier alpha value is -3.48. The lowest BCUT2D eigenvalue weighted by atomic mass is 10.1. The molecule has 2 aromatic rings. The first-order valence-electron chi connectivity index (χ1n) is 9.00. The van der Waals surface area contributed by atoms with E-state index < -0.39 is 18.4 Å². The Labute approximate surface area is 169 Å². The predicted octanol–water partition coefficient (Wildman–Crippen LogP) is 3.70. The molecule has 0 unspecified atom stereocenters. The average Bonchev–Trinajstić information content (AvgIpc) is 2.72. The van der Waals surface area contributed by atoms with Gasteiger partial charge in [-0.2, -0.15) is 0 Å². The molecule has 0 aliphatic heterocycles. The van der Waals surface area contributed by atoms with E-state index in [9.17, 15) is 9.59 Å². The first kappa shape index (κ1) is 21.8. The summed E-state index contributed by atoms with van der Waals surface area (Å²) in [6, 6.07) is 13.0. The Morgan fingerprint density at radius 2 is 1.79 bits per heavy atom. The van der Waals surface area contributed by atoms with Crippen molar-refractivity contribution in [3.8, 4) is 17.2 Å². The molecule has 0 amide bonds. The molecule has 154 valence electrons. The third-order valence-electron chi connectivity index (χ3n) is 3.94. The highest BCUT2D eigenvalue weighted by Gasteiger charge is 2.18. The SMILES string of the molecule is CCOC(=O)/C(=C/c1cc(OCc2ccccc2)cc(OC)c1OC)CC(=O)O. The highest BCUT2D eigenvalue weighted by Crippen LogP contribution is 2.37. The molecule has 0 fully saturated rings. The molecule has 2 aromatic carbocycles. The Kier molecular flexibility index (Phi) is 8.09. The number of rotatable bonds is 10. The maximum Gasteiger partial charge on any atom is 0.334 e. The number of carbonyl (C=O) groups is 2. The summed E-state index contributed by atoms with van der Waals surface area (Å²) in [5.41, 5.74) is 1.41. The van der Waals surface area contributed by atoms with Crippen molar-refractivity contribution in [2.75, 3.05) is 20.8 Å². The van der Waals surface area contributed by atoms with E-state index in [0.717, 1.165) is 5.56 Å². The van der Waals surface area contributed by atoms with Crippen LogP contribution in [0, 0.1) is 0 Å². The molecule has 2 rings (SSSR count). The minimum Gasteiger partial charge on any atom is -0.493 e. The molecule has 0 saturated carbocycles. The largest absolute Gasteiger partial charge is 0.493 e. The molecule has 7 nitrogen and oxygen atoms in total. The summed E-state index contributed by atoms with van der Waals surface area (Å²) in [5, 5.41) is 9.14. The minimum atomic E-state index is -1.15. The summed E-state index contributed by atoms with van der Waals surface area (Å²) in [5.74, 6) is -0.621. The van der Waals surface area contributed by atoms with E-state index in [2.05, 4.69) is 0 Å². The first-order chi connectivity index (χ1) is 14.0. The van der Waals surface area contributed by atoms with Gasteiger partial charge >= 0.3 is 11.9 Å². The summed E-state index contributed by atoms with van der Waals surface area (Å²) >= 11 is 0. The van der Waals surface area contributed by atoms with Crippen LogP contribution in [-0.2, 0) is 20.9 Å². The third-order valence-corrected chi connectivity index (χ3v) is 3.94. The van der Waals surface area contributed by atoms with Gasteiger partial charge in [0.15, 0.2) is 11.5 Å². The number of hydrogen-bond acceptors (Lipinski definition) is 6. The summed E-state index contributed by atoms with van der Waals surface area (Å²) in [6.45, 7) is 2.12. The van der Waals surface area contributed by atoms with Crippen molar-refractivity contribution < 1.29 is 33.6 Å². The number of hydrogen-bond donors (Lipinski definition) is 1. The average molecular weight is 400 g/mol. The predicted molar refractivity (Wildman–Crippen MR) is 107 cm³/mol. The molecular weight excluding hydrogens is 376 g/mol. The fourth-order valence-corrected chi connectivity index (χ4v) is 2.66. The van der Waals surface area contributed by atoms with Gasteiger partial charge in [-0.05, 0) is 24.6 Å². The van der Waals surface area contributed by atoms with E-state index in [1.54, 1.807) is 19.1 Å². The minimum absolute atomic E-state index is 0.0140. The number of aliphatic carboxylic acids is 1. The van der Waals surface area contributed by atoms with Crippen LogP contribution in [0.5, 0.6) is 17.2 Å². The zero-order valence-corrected chi connectivity index (χ0v) is 16.6. The maximum absolute atomic E-state index is 12.2. The van der Waals surface area contributed by atoms with Gasteiger partial charge in [-0.1, -0.05) is 30.3 Å². The van der Waals surface area contributed by atoms with Crippen molar-refractivity contribution in [3.63, 3.8) is 0 Å². The number of esters is 1. The highest BCUT2D eigenvalue weighted by molar-refractivity contribution is 5.98. The Bertz CT molecular complexity index is 872. The van der Waals surface area contributed by atoms with Gasteiger partial charge in [-0.25, -0.2) is 4.79 Å². The number of carbonyl (C=O) groups excluding carboxylic acids is 1. The van der Waals surface area contributed by atoms with Crippen LogP contribution in [0.2, 0.25) is 0 Å². The second-order valence-corrected chi connectivity index (χ2v) is 5.98. The van der Waals surface area contributed by atoms with Crippen molar-refractivity contribution in [2.45, 2.75) is 20.0 Å². The van der Waals surface area contributed by atoms with Crippen LogP contribution in [0.25, 0.3) is 6.08 Å². The van der Waals surface area contributed by atoms with Gasteiger partial charge in [0.05, 0.1) is 27.2 Å². The lowest BCUT2D eigenvalue weighted by Gasteiger charge is -2.15. The summed E-state index contributed by atoms with van der Waals surface area (Å²) in [6.07, 6.45) is 0.933. The molecule has 0 heterocycles. The van der Waals surface area contributed by atoms with Crippen LogP contribution in [0.15, 0.2) is 48.0 Å². The van der Waals surface area contributed by atoms with Crippen LogP contribution in [0.4, 0.5) is 0 Å². The number of ether oxygens (including phenoxy) is 4. The molecule has 0 aliphatic rings. The number of carboxylic acids is 1. The van der Waals surface area contributed by atoms with Crippen molar-refractivity contribution >= 4 is 18.0 Å². The molecule has 0 aliphatic carbocycles. The number of benzene rings is 2. The van der Waals surface area contributed by atoms with Crippen LogP contribution in [0.1, 0.15) is 24.5 Å². The van der Waals surface area contributed by atoms with Gasteiger partial charge in [-0.15, -0.1) is 0 Å². The van der Waals surface area contributed by atoms with E-state index >= 15 is 0 Å². The van der Waals surface area contributed by atoms with E-state index in [4.69, 9.17) is 24.1 Å². The van der Waals surface area contributed by atoms with E-state index in [0.29, 0.717) is 29.4 Å². The molecule has 0 saturated heterocycles. The quantitative estimate of drug-likeness (QED) is 0.480. The van der Waals surface area contributed by atoms with Crippen molar-refractivity contribution in [1.29, 1.82) is 0 Å². The second-order valence-electron chi connectivity index (χ2n) is 5.98. The smallest absolute Gasteiger partial charge is 0.334 e. The molecule has 0 aromatic heterocycles. The van der Waals surface area contributed by atoms with E-state index in [1.165, 1.54) is 20.3 Å². The third kappa shape index (κ3) is 6.27. The summed E-state index contributed by atoms with van der Waals surface area (Å²) in [7, 11) is 2.94. The standard InChI is InChI=1S/C22H24O7/c1-4-28-22(25)17(12-20(23)24)10-16-11-18(13-19(26-2)21(16)27-3)29-14-15-8-6-5-7-9-15/h5-11,13H,4,12,14H2,1-3H3,(H,23,24)/b17-10+. The Morgan fingerprint density at radius 3 is 2.38 bits per heavy atom. The zero-order valence-electron chi connectivity index (χ0n) is 16.6. The number of carboxylic acid groups (broad SMARTS) is 1. The fourth-order valence-electron chi connectivity index (χ4n) is 2.66. The van der Waals surface area contributed by atoms with Gasteiger partial charge < -0.3 is 24.1 Å². The van der Waals surface area contributed by atoms with Crippen LogP contribution in [-0.4, -0.2) is 37.9 Å². The molecule has 0 atom stereocenters. The van der Waals surface area contributed by atoms with Gasteiger partial charge in [-0.3, -0.25) is 4.79 Å². The molecule has 1 N–H and O–H groups in total. The molecule has 7 heteroatoms. The highest BCUT2D eigenvalue weighted by atomic mass is 16.5. The lowest BCUT2D eigenvalue weighted by Crippen LogP contribution is -2.11. The normalized spacial score (nSPS) is 10.9. The topological polar surface area (TPSA) is 91.3 Å². The van der Waals surface area contributed by atoms with Crippen LogP contribution < -0.4 is 14.2 Å². The van der Waals surface area contributed by atoms with Crippen molar-refractivity contribution in [1.82, 2.24) is 0 Å². The van der Waals surface area contributed by atoms with Crippen LogP contribution >= 0.6 is 0 Å². The van der Waals surface area contributed by atoms with E-state index in [1.807, 2.05) is 30.3 Å². The monoisotopic (exact) mass is 400 g/mol. The second kappa shape index (κ2) is 10.8. The van der Waals surface area contributed by atoms with Gasteiger partial charge in [0.1, 0.15) is 12.4 Å². The number of methoxy groups -OCH3 is 2. The molecule has 0 radical (unpaired) electrons. The lowest BCUT2D eigenvalue weighted by molar-refractivity contribution is -0.142. The molecular formula is C22H24O7. The molecule has 0 spiro atoms. The summed E-state index contributed by atoms with van der Waals surface area (Å²) in [4.78, 5) is 23.4. The molecule has 29 heavy (non-hydrogen) atoms. The van der Waals surface area contributed by atoms with Gasteiger partial charge in [0.25, 0.3) is 0 Å². The van der Waals surface area contributed by atoms with Gasteiger partial charge in [0.2, 0.25) is 0 Å². The first-order valence-corrected chi connectivity index (χ1v) is 9.00. The summed E-state index contributed by atoms with van der Waals surface area (Å²) < 4.78 is 21.6. The molecule has 0 bridgehead atoms. The zero-order chi connectivity index (χ0) is 21.2. The fraction of sp³-hybridized carbons (Fsp3) is 0.273. The van der Waals surface area contributed by atoms with Crippen molar-refractivity contribution in [3.05, 3.63) is 59.2 Å². The van der Waals surface area contributed by atoms with Gasteiger partial charge in [0, 0.05) is 17.2 Å². The van der Waals surface area contributed by atoms with Crippen LogP contribution in [0.3, 0.4) is 0 Å². The Balaban J connectivity index is 2.43.